The Morgan fingerprint density at radius 2 is 2.21 bits per heavy atom. The minimum Gasteiger partial charge on any atom is -0.473 e. The first-order valence-corrected chi connectivity index (χ1v) is 10.1. The van der Waals surface area contributed by atoms with Crippen molar-refractivity contribution in [2.24, 2.45) is 0 Å². The normalized spacial score (nSPS) is 18.9. The molecule has 0 radical (unpaired) electrons. The van der Waals surface area contributed by atoms with Crippen LogP contribution in [0.5, 0.6) is 5.19 Å². The van der Waals surface area contributed by atoms with Crippen LogP contribution in [0.4, 0.5) is 10.6 Å². The monoisotopic (exact) mass is 407 g/mol. The SMILES string of the molecule is COc1ncc(CC(=O)Nc2cc([C@H]3CC[C@@H](NC(=O)OC(C)C)C3)[nH]n2)s1. The number of nitrogens with zero attached hydrogens (tertiary/aromatic N) is 2. The van der Waals surface area contributed by atoms with Crippen LogP contribution >= 0.6 is 11.3 Å². The first-order chi connectivity index (χ1) is 13.4. The maximum atomic E-state index is 12.2. The third-order valence-electron chi connectivity index (χ3n) is 4.44. The lowest BCUT2D eigenvalue weighted by atomic mass is 10.0. The molecule has 0 saturated heterocycles. The first kappa shape index (κ1) is 20.1. The molecule has 1 saturated carbocycles. The van der Waals surface area contributed by atoms with E-state index in [1.807, 2.05) is 19.9 Å². The topological polar surface area (TPSA) is 118 Å². The van der Waals surface area contributed by atoms with E-state index in [4.69, 9.17) is 9.47 Å². The van der Waals surface area contributed by atoms with Crippen LogP contribution in [0.15, 0.2) is 12.3 Å². The molecule has 1 aliphatic rings. The summed E-state index contributed by atoms with van der Waals surface area (Å²) >= 11 is 1.34. The van der Waals surface area contributed by atoms with E-state index in [0.29, 0.717) is 11.0 Å². The van der Waals surface area contributed by atoms with E-state index in [-0.39, 0.29) is 36.5 Å². The molecule has 2 aromatic rings. The van der Waals surface area contributed by atoms with Gasteiger partial charge in [0.15, 0.2) is 5.82 Å². The number of methoxy groups -OCH3 is 1. The highest BCUT2D eigenvalue weighted by atomic mass is 32.1. The van der Waals surface area contributed by atoms with Gasteiger partial charge in [0.2, 0.25) is 5.91 Å². The Balaban J connectivity index is 1.48. The van der Waals surface area contributed by atoms with Crippen molar-refractivity contribution in [1.82, 2.24) is 20.5 Å². The lowest BCUT2D eigenvalue weighted by Crippen LogP contribution is -2.34. The fourth-order valence-corrected chi connectivity index (χ4v) is 3.95. The van der Waals surface area contributed by atoms with E-state index < -0.39 is 0 Å². The minimum absolute atomic E-state index is 0.0823. The van der Waals surface area contributed by atoms with Crippen LogP contribution in [0, 0.1) is 0 Å². The second-order valence-electron chi connectivity index (χ2n) is 7.04. The largest absolute Gasteiger partial charge is 0.473 e. The highest BCUT2D eigenvalue weighted by Crippen LogP contribution is 2.34. The molecule has 152 valence electrons. The number of alkyl carbamates (subject to hydrolysis) is 1. The molecule has 9 nitrogen and oxygen atoms in total. The predicted octanol–water partition coefficient (Wildman–Crippen LogP) is 2.83. The molecule has 2 heterocycles. The molecule has 0 spiro atoms. The number of anilines is 1. The number of hydrogen-bond donors (Lipinski definition) is 3. The zero-order valence-corrected chi connectivity index (χ0v) is 17.0. The van der Waals surface area contributed by atoms with E-state index in [1.165, 1.54) is 11.3 Å². The van der Waals surface area contributed by atoms with Gasteiger partial charge in [-0.3, -0.25) is 9.89 Å². The van der Waals surface area contributed by atoms with Crippen molar-refractivity contribution in [3.63, 3.8) is 0 Å². The van der Waals surface area contributed by atoms with Gasteiger partial charge in [0.05, 0.1) is 19.6 Å². The fourth-order valence-electron chi connectivity index (χ4n) is 3.23. The average molecular weight is 407 g/mol. The quantitative estimate of drug-likeness (QED) is 0.649. The van der Waals surface area contributed by atoms with Crippen LogP contribution in [0.25, 0.3) is 0 Å². The van der Waals surface area contributed by atoms with E-state index in [2.05, 4.69) is 25.8 Å². The van der Waals surface area contributed by atoms with E-state index in [0.717, 1.165) is 29.8 Å². The summed E-state index contributed by atoms with van der Waals surface area (Å²) in [6.07, 6.45) is 3.96. The molecule has 0 aliphatic heterocycles. The third-order valence-corrected chi connectivity index (χ3v) is 5.40. The Morgan fingerprint density at radius 3 is 2.93 bits per heavy atom. The Bertz CT molecular complexity index is 819. The molecule has 1 fully saturated rings. The summed E-state index contributed by atoms with van der Waals surface area (Å²) in [7, 11) is 1.55. The van der Waals surface area contributed by atoms with Gasteiger partial charge in [0, 0.05) is 34.8 Å². The van der Waals surface area contributed by atoms with Gasteiger partial charge in [-0.25, -0.2) is 9.78 Å². The Hall–Kier alpha value is -2.62. The maximum absolute atomic E-state index is 12.2. The third kappa shape index (κ3) is 5.44. The van der Waals surface area contributed by atoms with Crippen molar-refractivity contribution in [2.45, 2.75) is 57.6 Å². The van der Waals surface area contributed by atoms with E-state index in [1.54, 1.807) is 13.3 Å². The summed E-state index contributed by atoms with van der Waals surface area (Å²) in [5.41, 5.74) is 0.955. The Kier molecular flexibility index (Phi) is 6.50. The number of carbonyl (C=O) groups excluding carboxylic acids is 2. The zero-order valence-electron chi connectivity index (χ0n) is 16.2. The molecule has 0 unspecified atom stereocenters. The number of thiazole rings is 1. The van der Waals surface area contributed by atoms with Crippen molar-refractivity contribution >= 4 is 29.2 Å². The van der Waals surface area contributed by atoms with Crippen molar-refractivity contribution in [1.29, 1.82) is 0 Å². The first-order valence-electron chi connectivity index (χ1n) is 9.24. The zero-order chi connectivity index (χ0) is 20.1. The van der Waals surface area contributed by atoms with Crippen LogP contribution in [0.2, 0.25) is 0 Å². The average Bonchev–Trinajstić information content (AvgIpc) is 3.34. The van der Waals surface area contributed by atoms with Gasteiger partial charge in [-0.1, -0.05) is 11.3 Å². The summed E-state index contributed by atoms with van der Waals surface area (Å²) in [5.74, 6) is 0.590. The predicted molar refractivity (Wildman–Crippen MR) is 105 cm³/mol. The van der Waals surface area contributed by atoms with Crippen LogP contribution in [-0.4, -0.2) is 46.4 Å². The highest BCUT2D eigenvalue weighted by Gasteiger charge is 2.29. The summed E-state index contributed by atoms with van der Waals surface area (Å²) in [5, 5.41) is 13.4. The van der Waals surface area contributed by atoms with Crippen LogP contribution in [-0.2, 0) is 16.0 Å². The number of amides is 2. The summed E-state index contributed by atoms with van der Waals surface area (Å²) in [4.78, 5) is 28.8. The molecule has 0 aromatic carbocycles. The number of aromatic nitrogens is 3. The van der Waals surface area contributed by atoms with Gasteiger partial charge >= 0.3 is 6.09 Å². The molecular weight excluding hydrogens is 382 g/mol. The van der Waals surface area contributed by atoms with Gasteiger partial charge in [-0.2, -0.15) is 5.10 Å². The molecule has 28 heavy (non-hydrogen) atoms. The lowest BCUT2D eigenvalue weighted by Gasteiger charge is -2.14. The van der Waals surface area contributed by atoms with Gasteiger partial charge in [0.1, 0.15) is 0 Å². The Labute approximate surface area is 167 Å². The molecule has 2 atom stereocenters. The van der Waals surface area contributed by atoms with Crippen LogP contribution < -0.4 is 15.4 Å². The van der Waals surface area contributed by atoms with Gasteiger partial charge < -0.3 is 20.1 Å². The summed E-state index contributed by atoms with van der Waals surface area (Å²) in [6, 6.07) is 1.93. The molecule has 1 aliphatic carbocycles. The number of carbonyl (C=O) groups is 2. The lowest BCUT2D eigenvalue weighted by molar-refractivity contribution is -0.115. The van der Waals surface area contributed by atoms with Crippen molar-refractivity contribution in [2.75, 3.05) is 12.4 Å². The number of aromatic amines is 1. The number of rotatable bonds is 7. The molecule has 10 heteroatoms. The number of ether oxygens (including phenoxy) is 2. The molecule has 3 N–H and O–H groups in total. The summed E-state index contributed by atoms with van der Waals surface area (Å²) in [6.45, 7) is 3.64. The van der Waals surface area contributed by atoms with Crippen LogP contribution in [0.1, 0.15) is 49.6 Å². The van der Waals surface area contributed by atoms with Gasteiger partial charge in [-0.05, 0) is 33.1 Å². The fraction of sp³-hybridized carbons (Fsp3) is 0.556. The van der Waals surface area contributed by atoms with Crippen molar-refractivity contribution in [3.8, 4) is 5.19 Å². The maximum Gasteiger partial charge on any atom is 0.407 e. The smallest absolute Gasteiger partial charge is 0.407 e. The van der Waals surface area contributed by atoms with Crippen molar-refractivity contribution in [3.05, 3.63) is 22.8 Å². The van der Waals surface area contributed by atoms with Gasteiger partial charge in [-0.15, -0.1) is 0 Å². The van der Waals surface area contributed by atoms with Crippen molar-refractivity contribution < 1.29 is 19.1 Å². The van der Waals surface area contributed by atoms with Gasteiger partial charge in [0.25, 0.3) is 5.19 Å². The van der Waals surface area contributed by atoms with E-state index >= 15 is 0 Å². The molecule has 2 amide bonds. The second-order valence-corrected chi connectivity index (χ2v) is 8.11. The second kappa shape index (κ2) is 9.05. The minimum atomic E-state index is -0.377. The number of nitrogens with one attached hydrogen (secondary N) is 3. The highest BCUT2D eigenvalue weighted by molar-refractivity contribution is 7.13. The molecule has 0 bridgehead atoms. The van der Waals surface area contributed by atoms with E-state index in [9.17, 15) is 9.59 Å². The molecule has 2 aromatic heterocycles. The number of hydrogen-bond acceptors (Lipinski definition) is 7. The Morgan fingerprint density at radius 1 is 1.39 bits per heavy atom. The number of H-pyrrole nitrogens is 1. The standard InChI is InChI=1S/C18H25N5O4S/c1-10(2)27-17(25)20-12-5-4-11(6-12)14-8-15(23-22-14)21-16(24)7-13-9-19-18(26-3)28-13/h8-12H,4-7H2,1-3H3,(H,20,25)(H2,21,22,23,24)/t11-,12+/m0/s1. The summed E-state index contributed by atoms with van der Waals surface area (Å²) < 4.78 is 10.2. The molecule has 3 rings (SSSR count). The van der Waals surface area contributed by atoms with Crippen LogP contribution in [0.3, 0.4) is 0 Å². The molecular formula is C18H25N5O4S.